The fourth-order valence-corrected chi connectivity index (χ4v) is 5.52. The van der Waals surface area contributed by atoms with E-state index in [0.717, 1.165) is 15.3 Å². The minimum atomic E-state index is -4.11. The predicted molar refractivity (Wildman–Crippen MR) is 148 cm³/mol. The van der Waals surface area contributed by atoms with Crippen molar-refractivity contribution in [1.82, 2.24) is 14.9 Å². The van der Waals surface area contributed by atoms with Crippen molar-refractivity contribution in [2.45, 2.75) is 37.6 Å². The summed E-state index contributed by atoms with van der Waals surface area (Å²) in [6.07, 6.45) is 3.29. The van der Waals surface area contributed by atoms with Crippen molar-refractivity contribution in [1.29, 1.82) is 0 Å². The molecule has 0 bridgehead atoms. The molecule has 0 spiro atoms. The van der Waals surface area contributed by atoms with E-state index in [1.54, 1.807) is 73.1 Å². The van der Waals surface area contributed by atoms with Crippen LogP contribution < -0.4 is 4.31 Å². The van der Waals surface area contributed by atoms with Gasteiger partial charge in [0.2, 0.25) is 5.91 Å². The third kappa shape index (κ3) is 6.17. The lowest BCUT2D eigenvalue weighted by Gasteiger charge is -2.28. The van der Waals surface area contributed by atoms with Crippen LogP contribution in [0.25, 0.3) is 10.9 Å². The van der Waals surface area contributed by atoms with Crippen LogP contribution in [0, 0.1) is 0 Å². The smallest absolute Gasteiger partial charge is 0.264 e. The number of sulfonamides is 1. The molecule has 8 nitrogen and oxygen atoms in total. The van der Waals surface area contributed by atoms with Gasteiger partial charge in [-0.25, -0.2) is 8.42 Å². The number of hydrogen-bond acceptors (Lipinski definition) is 6. The van der Waals surface area contributed by atoms with E-state index in [0.29, 0.717) is 16.9 Å². The highest BCUT2D eigenvalue weighted by molar-refractivity contribution is 7.92. The number of hydrogen-bond donors (Lipinski definition) is 1. The predicted octanol–water partition coefficient (Wildman–Crippen LogP) is 4.14. The topological polar surface area (TPSA) is 104 Å². The summed E-state index contributed by atoms with van der Waals surface area (Å²) in [6.45, 7) is 5.66. The fourth-order valence-electron chi connectivity index (χ4n) is 4.11. The van der Waals surface area contributed by atoms with Crippen molar-refractivity contribution in [2.24, 2.45) is 0 Å². The zero-order valence-electron chi connectivity index (χ0n) is 21.8. The van der Waals surface area contributed by atoms with Gasteiger partial charge in [-0.05, 0) is 59.5 Å². The number of aliphatic hydroxyl groups is 1. The minimum Gasteiger partial charge on any atom is -0.395 e. The van der Waals surface area contributed by atoms with Crippen molar-refractivity contribution >= 4 is 32.5 Å². The summed E-state index contributed by atoms with van der Waals surface area (Å²) < 4.78 is 29.1. The molecule has 2 aromatic carbocycles. The first-order chi connectivity index (χ1) is 18.1. The number of nitrogens with zero attached hydrogens (tertiary/aromatic N) is 4. The number of carbonyl (C=O) groups is 1. The van der Waals surface area contributed by atoms with Gasteiger partial charge in [-0.3, -0.25) is 19.1 Å². The molecule has 0 fully saturated rings. The highest BCUT2D eigenvalue weighted by Crippen LogP contribution is 2.29. The molecule has 0 saturated carbocycles. The summed E-state index contributed by atoms with van der Waals surface area (Å²) in [5.41, 5.74) is 2.56. The molecule has 4 rings (SSSR count). The van der Waals surface area contributed by atoms with Crippen LogP contribution in [-0.4, -0.2) is 54.0 Å². The first kappa shape index (κ1) is 27.2. The molecule has 9 heteroatoms. The van der Waals surface area contributed by atoms with Gasteiger partial charge >= 0.3 is 0 Å². The zero-order chi connectivity index (χ0) is 27.3. The summed E-state index contributed by atoms with van der Waals surface area (Å²) in [7, 11) is -4.11. The highest BCUT2D eigenvalue weighted by atomic mass is 32.2. The average Bonchev–Trinajstić information content (AvgIpc) is 2.91. The third-order valence-corrected chi connectivity index (χ3v) is 8.05. The van der Waals surface area contributed by atoms with Gasteiger partial charge in [-0.1, -0.05) is 45.0 Å². The second kappa shape index (κ2) is 11.3. The van der Waals surface area contributed by atoms with Crippen molar-refractivity contribution in [2.75, 3.05) is 24.0 Å². The Bertz CT molecular complexity index is 1500. The summed E-state index contributed by atoms with van der Waals surface area (Å²) in [4.78, 5) is 23.6. The highest BCUT2D eigenvalue weighted by Gasteiger charge is 2.30. The van der Waals surface area contributed by atoms with E-state index in [4.69, 9.17) is 0 Å². The molecule has 2 aromatic heterocycles. The Labute approximate surface area is 223 Å². The quantitative estimate of drug-likeness (QED) is 0.347. The number of benzene rings is 2. The van der Waals surface area contributed by atoms with Crippen LogP contribution in [-0.2, 0) is 26.8 Å². The molecule has 0 aliphatic heterocycles. The van der Waals surface area contributed by atoms with Crippen LogP contribution in [0.2, 0.25) is 0 Å². The van der Waals surface area contributed by atoms with E-state index in [1.165, 1.54) is 4.90 Å². The van der Waals surface area contributed by atoms with Crippen LogP contribution in [0.5, 0.6) is 0 Å². The number of anilines is 1. The van der Waals surface area contributed by atoms with Gasteiger partial charge in [0.25, 0.3) is 10.0 Å². The Hall–Kier alpha value is -3.82. The van der Waals surface area contributed by atoms with Crippen LogP contribution in [0.4, 0.5) is 5.69 Å². The molecule has 2 heterocycles. The van der Waals surface area contributed by atoms with E-state index in [9.17, 15) is 18.3 Å². The molecule has 0 saturated heterocycles. The van der Waals surface area contributed by atoms with E-state index in [-0.39, 0.29) is 30.0 Å². The van der Waals surface area contributed by atoms with Gasteiger partial charge in [0.1, 0.15) is 6.54 Å². The van der Waals surface area contributed by atoms with Gasteiger partial charge in [0, 0.05) is 24.3 Å². The van der Waals surface area contributed by atoms with Gasteiger partial charge < -0.3 is 10.0 Å². The Morgan fingerprint density at radius 1 is 0.921 bits per heavy atom. The maximum absolute atomic E-state index is 14.0. The Kier molecular flexibility index (Phi) is 8.08. The number of carbonyl (C=O) groups excluding carboxylic acids is 1. The van der Waals surface area contributed by atoms with E-state index in [2.05, 4.69) is 30.7 Å². The number of rotatable bonds is 9. The maximum Gasteiger partial charge on any atom is 0.264 e. The number of pyridine rings is 2. The number of fused-ring (bicyclic) bond motifs is 1. The number of aromatic nitrogens is 2. The van der Waals surface area contributed by atoms with Crippen molar-refractivity contribution in [3.05, 3.63) is 96.4 Å². The molecule has 0 atom stereocenters. The monoisotopic (exact) mass is 532 g/mol. The van der Waals surface area contributed by atoms with E-state index >= 15 is 0 Å². The molecular weight excluding hydrogens is 500 g/mol. The van der Waals surface area contributed by atoms with Crippen molar-refractivity contribution < 1.29 is 18.3 Å². The standard InChI is InChI=1S/C29H32N4O4S/c1-29(2,3)23-9-12-26(13-10-23)38(36,37)33(25-11-14-27-22(19-25)7-6-16-31-27)21-28(35)32(17-18-34)20-24-8-4-5-15-30-24/h4-16,19,34H,17-18,20-21H2,1-3H3. The number of aliphatic hydroxyl groups excluding tert-OH is 1. The van der Waals surface area contributed by atoms with Crippen LogP contribution in [0.1, 0.15) is 32.0 Å². The summed E-state index contributed by atoms with van der Waals surface area (Å²) in [5, 5.41) is 10.4. The molecule has 0 aliphatic rings. The van der Waals surface area contributed by atoms with Gasteiger partial charge in [-0.15, -0.1) is 0 Å². The molecule has 38 heavy (non-hydrogen) atoms. The lowest BCUT2D eigenvalue weighted by atomic mass is 9.87. The first-order valence-corrected chi connectivity index (χ1v) is 13.8. The Morgan fingerprint density at radius 3 is 2.32 bits per heavy atom. The Morgan fingerprint density at radius 2 is 1.66 bits per heavy atom. The normalized spacial score (nSPS) is 11.9. The van der Waals surface area contributed by atoms with Gasteiger partial charge in [-0.2, -0.15) is 0 Å². The fraction of sp³-hybridized carbons (Fsp3) is 0.276. The summed E-state index contributed by atoms with van der Waals surface area (Å²) in [5.74, 6) is -0.453. The second-order valence-electron chi connectivity index (χ2n) is 10.0. The lowest BCUT2D eigenvalue weighted by Crippen LogP contribution is -2.43. The molecular formula is C29H32N4O4S. The second-order valence-corrected chi connectivity index (χ2v) is 11.9. The maximum atomic E-state index is 14.0. The lowest BCUT2D eigenvalue weighted by molar-refractivity contribution is -0.130. The first-order valence-electron chi connectivity index (χ1n) is 12.4. The molecule has 0 aliphatic carbocycles. The molecule has 1 amide bonds. The van der Waals surface area contributed by atoms with Crippen molar-refractivity contribution in [3.63, 3.8) is 0 Å². The molecule has 0 radical (unpaired) electrons. The minimum absolute atomic E-state index is 0.0468. The van der Waals surface area contributed by atoms with Crippen LogP contribution in [0.3, 0.4) is 0 Å². The van der Waals surface area contributed by atoms with Crippen molar-refractivity contribution in [3.8, 4) is 0 Å². The number of amides is 1. The average molecular weight is 533 g/mol. The molecule has 1 N–H and O–H groups in total. The van der Waals surface area contributed by atoms with Gasteiger partial charge in [0.05, 0.1) is 34.9 Å². The summed E-state index contributed by atoms with van der Waals surface area (Å²) in [6, 6.07) is 20.8. The SMILES string of the molecule is CC(C)(C)c1ccc(S(=O)(=O)N(CC(=O)N(CCO)Cc2ccccn2)c2ccc3ncccc3c2)cc1. The molecule has 198 valence electrons. The van der Waals surface area contributed by atoms with E-state index < -0.39 is 22.5 Å². The summed E-state index contributed by atoms with van der Waals surface area (Å²) >= 11 is 0. The molecule has 4 aromatic rings. The molecule has 0 unspecified atom stereocenters. The largest absolute Gasteiger partial charge is 0.395 e. The zero-order valence-corrected chi connectivity index (χ0v) is 22.6. The van der Waals surface area contributed by atoms with Gasteiger partial charge in [0.15, 0.2) is 0 Å². The Balaban J connectivity index is 1.73. The van der Waals surface area contributed by atoms with E-state index in [1.807, 2.05) is 12.1 Å². The third-order valence-electron chi connectivity index (χ3n) is 6.26. The van der Waals surface area contributed by atoms with Crippen LogP contribution >= 0.6 is 0 Å². The van der Waals surface area contributed by atoms with Crippen LogP contribution in [0.15, 0.2) is 90.1 Å².